The Morgan fingerprint density at radius 1 is 1.12 bits per heavy atom. The van der Waals surface area contributed by atoms with E-state index in [2.05, 4.69) is 5.43 Å². The van der Waals surface area contributed by atoms with Crippen LogP contribution in [0.5, 0.6) is 5.75 Å². The Balaban J connectivity index is 1.42. The van der Waals surface area contributed by atoms with E-state index in [1.54, 1.807) is 19.1 Å². The van der Waals surface area contributed by atoms with Gasteiger partial charge in [-0.2, -0.15) is 5.01 Å². The van der Waals surface area contributed by atoms with Crippen molar-refractivity contribution in [1.29, 1.82) is 0 Å². The van der Waals surface area contributed by atoms with E-state index in [4.69, 9.17) is 4.74 Å². The van der Waals surface area contributed by atoms with Crippen LogP contribution in [0.15, 0.2) is 36.4 Å². The van der Waals surface area contributed by atoms with E-state index in [1.165, 1.54) is 0 Å². The van der Waals surface area contributed by atoms with Crippen LogP contribution >= 0.6 is 0 Å². The summed E-state index contributed by atoms with van der Waals surface area (Å²) in [7, 11) is 0. The van der Waals surface area contributed by atoms with Crippen molar-refractivity contribution in [2.45, 2.75) is 26.4 Å². The zero-order chi connectivity index (χ0) is 17.7. The second-order valence-electron chi connectivity index (χ2n) is 7.06. The predicted octanol–water partition coefficient (Wildman–Crippen LogP) is 1.60. The third-order valence-corrected chi connectivity index (χ3v) is 5.40. The largest absolute Gasteiger partial charge is 0.481 e. The molecule has 2 aliphatic carbocycles. The lowest BCUT2D eigenvalue weighted by Crippen LogP contribution is -2.51. The molecule has 6 nitrogen and oxygen atoms in total. The zero-order valence-electron chi connectivity index (χ0n) is 14.1. The van der Waals surface area contributed by atoms with E-state index in [-0.39, 0.29) is 35.5 Å². The molecule has 1 aliphatic heterocycles. The standard InChI is InChI=1S/C19H20N2O4/c1-10-3-7-14(8-4-10)25-11(2)17(22)20-21-18(23)15-12-5-6-13(9-12)16(15)19(21)24/h3-8,11-13,15-16H,9H2,1-2H3,(H,20,22)/t11-,12-,13+,15-,16+/m0/s1. The molecule has 1 aromatic carbocycles. The first-order chi connectivity index (χ1) is 12.0. The van der Waals surface area contributed by atoms with Crippen LogP contribution < -0.4 is 10.2 Å². The van der Waals surface area contributed by atoms with Crippen LogP contribution in [-0.2, 0) is 14.4 Å². The van der Waals surface area contributed by atoms with Gasteiger partial charge in [-0.05, 0) is 44.2 Å². The van der Waals surface area contributed by atoms with Gasteiger partial charge in [0.25, 0.3) is 17.7 Å². The van der Waals surface area contributed by atoms with E-state index in [0.29, 0.717) is 5.75 Å². The highest BCUT2D eigenvalue weighted by Crippen LogP contribution is 2.52. The fourth-order valence-corrected chi connectivity index (χ4v) is 4.09. The second-order valence-corrected chi connectivity index (χ2v) is 7.06. The fourth-order valence-electron chi connectivity index (χ4n) is 4.09. The topological polar surface area (TPSA) is 75.7 Å². The van der Waals surface area contributed by atoms with Crippen LogP contribution in [0.2, 0.25) is 0 Å². The SMILES string of the molecule is Cc1ccc(O[C@@H](C)C(=O)NN2C(=O)[C@@H]3[C@H](C2=O)[C@@H]2C=C[C@H]3C2)cc1. The Bertz CT molecular complexity index is 740. The van der Waals surface area contributed by atoms with Crippen molar-refractivity contribution in [2.24, 2.45) is 23.7 Å². The summed E-state index contributed by atoms with van der Waals surface area (Å²) < 4.78 is 5.59. The van der Waals surface area contributed by atoms with Gasteiger partial charge in [0.05, 0.1) is 11.8 Å². The maximum Gasteiger partial charge on any atom is 0.279 e. The molecular formula is C19H20N2O4. The van der Waals surface area contributed by atoms with E-state index in [0.717, 1.165) is 17.0 Å². The molecule has 6 heteroatoms. The van der Waals surface area contributed by atoms with Gasteiger partial charge in [0.15, 0.2) is 6.10 Å². The van der Waals surface area contributed by atoms with Gasteiger partial charge in [-0.1, -0.05) is 29.8 Å². The van der Waals surface area contributed by atoms with Gasteiger partial charge in [-0.3, -0.25) is 19.8 Å². The Hall–Kier alpha value is -2.63. The number of carbonyl (C=O) groups excluding carboxylic acids is 3. The molecule has 5 atom stereocenters. The maximum atomic E-state index is 12.6. The summed E-state index contributed by atoms with van der Waals surface area (Å²) in [4.78, 5) is 37.5. The van der Waals surface area contributed by atoms with Crippen molar-refractivity contribution in [1.82, 2.24) is 10.4 Å². The number of hydrogen-bond acceptors (Lipinski definition) is 4. The molecule has 2 bridgehead atoms. The molecule has 4 rings (SSSR count). The van der Waals surface area contributed by atoms with Crippen LogP contribution in [0.3, 0.4) is 0 Å². The number of hydrogen-bond donors (Lipinski definition) is 1. The average molecular weight is 340 g/mol. The first-order valence-corrected chi connectivity index (χ1v) is 8.55. The van der Waals surface area contributed by atoms with Crippen LogP contribution in [0.1, 0.15) is 18.9 Å². The first-order valence-electron chi connectivity index (χ1n) is 8.55. The van der Waals surface area contributed by atoms with Crippen LogP contribution in [0.4, 0.5) is 0 Å². The summed E-state index contributed by atoms with van der Waals surface area (Å²) in [5.74, 6) is -0.962. The molecule has 25 heavy (non-hydrogen) atoms. The van der Waals surface area contributed by atoms with E-state index in [1.807, 2.05) is 31.2 Å². The molecular weight excluding hydrogens is 320 g/mol. The summed E-state index contributed by atoms with van der Waals surface area (Å²) >= 11 is 0. The monoisotopic (exact) mass is 340 g/mol. The van der Waals surface area contributed by atoms with Crippen molar-refractivity contribution in [2.75, 3.05) is 0 Å². The molecule has 130 valence electrons. The number of rotatable bonds is 4. The van der Waals surface area contributed by atoms with Crippen molar-refractivity contribution >= 4 is 17.7 Å². The molecule has 1 N–H and O–H groups in total. The van der Waals surface area contributed by atoms with Gasteiger partial charge in [0.2, 0.25) is 0 Å². The summed E-state index contributed by atoms with van der Waals surface area (Å²) in [6, 6.07) is 7.33. The number of aryl methyl sites for hydroxylation is 1. The lowest BCUT2D eigenvalue weighted by molar-refractivity contribution is -0.151. The molecule has 1 saturated heterocycles. The molecule has 1 aromatic rings. The third kappa shape index (κ3) is 2.52. The smallest absolute Gasteiger partial charge is 0.279 e. The third-order valence-electron chi connectivity index (χ3n) is 5.40. The van der Waals surface area contributed by atoms with Gasteiger partial charge >= 0.3 is 0 Å². The summed E-state index contributed by atoms with van der Waals surface area (Å²) in [6.07, 6.45) is 4.08. The highest BCUT2D eigenvalue weighted by atomic mass is 16.5. The van der Waals surface area contributed by atoms with Crippen LogP contribution in [0, 0.1) is 30.6 Å². The highest BCUT2D eigenvalue weighted by Gasteiger charge is 2.59. The van der Waals surface area contributed by atoms with Gasteiger partial charge < -0.3 is 4.74 Å². The number of ether oxygens (including phenoxy) is 1. The van der Waals surface area contributed by atoms with Crippen LogP contribution in [0.25, 0.3) is 0 Å². The molecule has 2 fully saturated rings. The predicted molar refractivity (Wildman–Crippen MR) is 89.0 cm³/mol. The zero-order valence-corrected chi connectivity index (χ0v) is 14.1. The first kappa shape index (κ1) is 15.9. The Kier molecular flexibility index (Phi) is 3.63. The van der Waals surface area contributed by atoms with Gasteiger partial charge in [0.1, 0.15) is 5.75 Å². The molecule has 3 amide bonds. The number of fused-ring (bicyclic) bond motifs is 5. The van der Waals surface area contributed by atoms with Crippen molar-refractivity contribution in [3.63, 3.8) is 0 Å². The van der Waals surface area contributed by atoms with Gasteiger partial charge in [0, 0.05) is 0 Å². The number of benzene rings is 1. The molecule has 0 spiro atoms. The quantitative estimate of drug-likeness (QED) is 0.667. The second kappa shape index (κ2) is 5.72. The lowest BCUT2D eigenvalue weighted by atomic mass is 9.85. The number of allylic oxidation sites excluding steroid dienone is 2. The number of nitrogens with zero attached hydrogens (tertiary/aromatic N) is 1. The molecule has 0 aromatic heterocycles. The summed E-state index contributed by atoms with van der Waals surface area (Å²) in [6.45, 7) is 3.55. The molecule has 1 saturated carbocycles. The Labute approximate surface area is 145 Å². The Morgan fingerprint density at radius 3 is 2.24 bits per heavy atom. The number of carbonyl (C=O) groups is 3. The minimum atomic E-state index is -0.821. The van der Waals surface area contributed by atoms with E-state index in [9.17, 15) is 14.4 Å². The van der Waals surface area contributed by atoms with Crippen LogP contribution in [-0.4, -0.2) is 28.8 Å². The maximum absolute atomic E-state index is 12.6. The number of imide groups is 1. The lowest BCUT2D eigenvalue weighted by Gasteiger charge is -2.21. The van der Waals surface area contributed by atoms with Gasteiger partial charge in [-0.25, -0.2) is 0 Å². The fraction of sp³-hybridized carbons (Fsp3) is 0.421. The summed E-state index contributed by atoms with van der Waals surface area (Å²) in [5, 5.41) is 0.902. The normalized spacial score (nSPS) is 30.6. The number of hydrazine groups is 1. The van der Waals surface area contributed by atoms with E-state index >= 15 is 0 Å². The number of amides is 3. The van der Waals surface area contributed by atoms with Crippen molar-refractivity contribution < 1.29 is 19.1 Å². The molecule has 3 aliphatic rings. The summed E-state index contributed by atoms with van der Waals surface area (Å²) in [5.41, 5.74) is 3.54. The minimum absolute atomic E-state index is 0.120. The van der Waals surface area contributed by atoms with Crippen molar-refractivity contribution in [3.05, 3.63) is 42.0 Å². The van der Waals surface area contributed by atoms with E-state index < -0.39 is 12.0 Å². The minimum Gasteiger partial charge on any atom is -0.481 e. The number of nitrogens with one attached hydrogen (secondary N) is 1. The molecule has 0 radical (unpaired) electrons. The van der Waals surface area contributed by atoms with Crippen molar-refractivity contribution in [3.8, 4) is 5.75 Å². The average Bonchev–Trinajstić information content (AvgIpc) is 3.26. The highest BCUT2D eigenvalue weighted by molar-refractivity contribution is 6.07. The van der Waals surface area contributed by atoms with Gasteiger partial charge in [-0.15, -0.1) is 0 Å². The molecule has 1 heterocycles. The Morgan fingerprint density at radius 2 is 1.68 bits per heavy atom. The molecule has 0 unspecified atom stereocenters.